The first kappa shape index (κ1) is 40.7. The lowest BCUT2D eigenvalue weighted by Gasteiger charge is -2.44. The Hall–Kier alpha value is -5.08. The summed E-state index contributed by atoms with van der Waals surface area (Å²) in [5, 5.41) is 21.4. The first-order chi connectivity index (χ1) is 28.0. The highest BCUT2D eigenvalue weighted by Gasteiger charge is 2.54. The SMILES string of the molecule is COc1cc(C2c3cc4c(cc3C(CC3OC(O)C(O)C5OC(C)OC35)C3COCC23)OCO4)cc(OC)c1Oc1ccc(OCc2cnc([N+](C)=O)n2C)c(F)c1.O. The van der Waals surface area contributed by atoms with Crippen molar-refractivity contribution in [1.29, 1.82) is 0 Å². The van der Waals surface area contributed by atoms with Gasteiger partial charge in [0.05, 0.1) is 40.6 Å². The van der Waals surface area contributed by atoms with Gasteiger partial charge in [-0.05, 0) is 88.9 Å². The number of nitroso groups, excluding NO2 is 1. The number of halogens is 1. The average Bonchev–Trinajstić information content (AvgIpc) is 4.03. The zero-order valence-corrected chi connectivity index (χ0v) is 33.0. The van der Waals surface area contributed by atoms with Crippen molar-refractivity contribution in [1.82, 2.24) is 9.55 Å². The van der Waals surface area contributed by atoms with Gasteiger partial charge in [-0.25, -0.2) is 8.96 Å². The van der Waals surface area contributed by atoms with Crippen molar-refractivity contribution in [3.63, 3.8) is 0 Å². The number of aromatic nitrogens is 2. The fraction of sp³-hybridized carbons (Fsp3) is 0.488. The van der Waals surface area contributed by atoms with Crippen LogP contribution in [0.3, 0.4) is 0 Å². The highest BCUT2D eigenvalue weighted by Crippen LogP contribution is 2.58. The lowest BCUT2D eigenvalue weighted by molar-refractivity contribution is -0.439. The zero-order valence-electron chi connectivity index (χ0n) is 33.0. The topological polar surface area (TPSA) is 202 Å². The van der Waals surface area contributed by atoms with Gasteiger partial charge in [-0.15, -0.1) is 0 Å². The molecule has 3 fully saturated rings. The van der Waals surface area contributed by atoms with Crippen LogP contribution in [0.15, 0.2) is 48.7 Å². The van der Waals surface area contributed by atoms with Crippen LogP contribution in [0.4, 0.5) is 10.3 Å². The number of ether oxygens (including phenoxy) is 10. The summed E-state index contributed by atoms with van der Waals surface area (Å²) in [6.45, 7) is 2.81. The molecule has 18 heteroatoms. The van der Waals surface area contributed by atoms with Crippen LogP contribution in [0.1, 0.15) is 47.6 Å². The summed E-state index contributed by atoms with van der Waals surface area (Å²) in [7, 11) is 6.08. The molecule has 59 heavy (non-hydrogen) atoms. The van der Waals surface area contributed by atoms with E-state index in [4.69, 9.17) is 47.4 Å². The van der Waals surface area contributed by atoms with Crippen LogP contribution >= 0.6 is 0 Å². The van der Waals surface area contributed by atoms with E-state index in [1.807, 2.05) is 24.3 Å². The summed E-state index contributed by atoms with van der Waals surface area (Å²) in [5.74, 6) is 1.68. The Bertz CT molecular complexity index is 2190. The normalized spacial score (nSPS) is 28.9. The maximum atomic E-state index is 15.4. The van der Waals surface area contributed by atoms with Gasteiger partial charge in [-0.1, -0.05) is 9.89 Å². The number of aliphatic hydroxyl groups excluding tert-OH is 2. The molecule has 4 N–H and O–H groups in total. The molecule has 5 heterocycles. The van der Waals surface area contributed by atoms with Gasteiger partial charge >= 0.3 is 5.95 Å². The number of nitrogens with zero attached hydrogens (tertiary/aromatic N) is 3. The molecule has 0 spiro atoms. The first-order valence-electron chi connectivity index (χ1n) is 19.1. The third-order valence-electron chi connectivity index (χ3n) is 11.9. The second-order valence-electron chi connectivity index (χ2n) is 15.2. The predicted molar refractivity (Wildman–Crippen MR) is 202 cm³/mol. The third-order valence-corrected chi connectivity index (χ3v) is 11.9. The Morgan fingerprint density at radius 1 is 0.932 bits per heavy atom. The van der Waals surface area contributed by atoms with Crippen LogP contribution < -0.4 is 28.4 Å². The fourth-order valence-corrected chi connectivity index (χ4v) is 9.21. The van der Waals surface area contributed by atoms with E-state index in [0.29, 0.717) is 53.1 Å². The quantitative estimate of drug-likeness (QED) is 0.206. The van der Waals surface area contributed by atoms with Crippen molar-refractivity contribution >= 4 is 5.95 Å². The van der Waals surface area contributed by atoms with Crippen molar-refractivity contribution in [2.24, 2.45) is 18.9 Å². The van der Waals surface area contributed by atoms with Crippen molar-refractivity contribution in [3.05, 3.63) is 81.8 Å². The highest BCUT2D eigenvalue weighted by atomic mass is 19.1. The Kier molecular flexibility index (Phi) is 11.2. The van der Waals surface area contributed by atoms with Gasteiger partial charge in [-0.3, -0.25) is 0 Å². The molecule has 1 aliphatic carbocycles. The second kappa shape index (κ2) is 16.2. The fourth-order valence-electron chi connectivity index (χ4n) is 9.21. The molecule has 0 amide bonds. The summed E-state index contributed by atoms with van der Waals surface area (Å²) < 4.78 is 77.3. The van der Waals surface area contributed by atoms with E-state index < -0.39 is 42.8 Å². The second-order valence-corrected chi connectivity index (χ2v) is 15.2. The molecular weight excluding hydrogens is 777 g/mol. The van der Waals surface area contributed by atoms with E-state index in [1.54, 1.807) is 24.6 Å². The highest BCUT2D eigenvalue weighted by molar-refractivity contribution is 5.60. The number of fused-ring (bicyclic) bond motifs is 4. The van der Waals surface area contributed by atoms with Gasteiger partial charge in [0, 0.05) is 12.0 Å². The van der Waals surface area contributed by atoms with Crippen LogP contribution in [0, 0.1) is 22.6 Å². The number of aliphatic hydroxyl groups is 2. The van der Waals surface area contributed by atoms with Crippen molar-refractivity contribution in [2.45, 2.75) is 68.8 Å². The van der Waals surface area contributed by atoms with Gasteiger partial charge in [0.1, 0.15) is 43.9 Å². The number of hydrogen-bond donors (Lipinski definition) is 2. The van der Waals surface area contributed by atoms with Gasteiger partial charge in [0.25, 0.3) is 0 Å². The Balaban J connectivity index is 0.00000484. The Labute approximate surface area is 338 Å². The van der Waals surface area contributed by atoms with Crippen molar-refractivity contribution in [2.75, 3.05) is 41.3 Å². The van der Waals surface area contributed by atoms with Gasteiger partial charge in [0.2, 0.25) is 12.5 Å². The molecule has 316 valence electrons. The Morgan fingerprint density at radius 2 is 1.63 bits per heavy atom. The Morgan fingerprint density at radius 3 is 2.31 bits per heavy atom. The maximum Gasteiger partial charge on any atom is 0.434 e. The van der Waals surface area contributed by atoms with Crippen LogP contribution in [0.25, 0.3) is 0 Å². The monoisotopic (exact) mass is 824 g/mol. The molecule has 5 aliphatic rings. The molecule has 0 radical (unpaired) electrons. The van der Waals surface area contributed by atoms with E-state index in [1.165, 1.54) is 39.6 Å². The molecule has 0 saturated carbocycles. The van der Waals surface area contributed by atoms with E-state index in [9.17, 15) is 15.1 Å². The van der Waals surface area contributed by atoms with Crippen LogP contribution in [-0.4, -0.2) is 108 Å². The van der Waals surface area contributed by atoms with Crippen LogP contribution in [0.2, 0.25) is 0 Å². The summed E-state index contributed by atoms with van der Waals surface area (Å²) in [6.07, 6.45) is -3.12. The van der Waals surface area contributed by atoms with Gasteiger partial charge in [0.15, 0.2) is 52.8 Å². The summed E-state index contributed by atoms with van der Waals surface area (Å²) in [6, 6.07) is 12.1. The number of rotatable bonds is 11. The lowest BCUT2D eigenvalue weighted by Crippen LogP contribution is -2.56. The predicted octanol–water partition coefficient (Wildman–Crippen LogP) is 3.98. The summed E-state index contributed by atoms with van der Waals surface area (Å²) in [4.78, 5) is 15.8. The van der Waals surface area contributed by atoms with Crippen LogP contribution in [-0.2, 0) is 32.6 Å². The minimum absolute atomic E-state index is 0. The number of imidazole rings is 1. The third kappa shape index (κ3) is 7.21. The van der Waals surface area contributed by atoms with Gasteiger partial charge in [-0.2, -0.15) is 0 Å². The molecule has 4 aromatic rings. The maximum absolute atomic E-state index is 15.4. The minimum atomic E-state index is -1.42. The molecule has 9 rings (SSSR count). The van der Waals surface area contributed by atoms with E-state index >= 15 is 4.39 Å². The molecule has 3 aromatic carbocycles. The molecule has 1 aromatic heterocycles. The first-order valence-corrected chi connectivity index (χ1v) is 19.1. The molecule has 10 unspecified atom stereocenters. The number of hydrogen-bond acceptors (Lipinski definition) is 14. The number of benzene rings is 3. The molecule has 0 bridgehead atoms. The molecule has 10 atom stereocenters. The average molecular weight is 825 g/mol. The van der Waals surface area contributed by atoms with E-state index in [-0.39, 0.29) is 65.7 Å². The van der Waals surface area contributed by atoms with Crippen LogP contribution in [0.5, 0.6) is 40.2 Å². The minimum Gasteiger partial charge on any atom is -0.493 e. The molecular formula is C41H47FN3O14+. The van der Waals surface area contributed by atoms with Crippen molar-refractivity contribution in [3.8, 4) is 40.2 Å². The molecule has 17 nitrogen and oxygen atoms in total. The standard InChI is InChI=1S/C41H45FN3O13.H2O/c1-19-55-38-34(58-40(47)36(46)39(38)56-19)12-24-23-11-30-31(54-18-53-30)13-25(23)35(27-17-51-16-26(24)27)20-8-32(49-4)37(33(9-20)50-5)57-22-6-7-29(28(42)10-22)52-15-21-14-43-41(44(21)2)45(3)48;/h6-11,13-14,19,24,26-27,34-36,38-40,46-47H,12,15-18H2,1-5H3;1H2/q+1;. The lowest BCUT2D eigenvalue weighted by atomic mass is 9.61. The van der Waals surface area contributed by atoms with E-state index in [0.717, 1.165) is 16.7 Å². The molecule has 4 aliphatic heterocycles. The zero-order chi connectivity index (χ0) is 40.4. The van der Waals surface area contributed by atoms with Gasteiger partial charge < -0.3 is 63.1 Å². The smallest absolute Gasteiger partial charge is 0.434 e. The summed E-state index contributed by atoms with van der Waals surface area (Å²) >= 11 is 0. The number of methoxy groups -OCH3 is 2. The van der Waals surface area contributed by atoms with Crippen molar-refractivity contribution < 1.29 is 72.2 Å². The summed E-state index contributed by atoms with van der Waals surface area (Å²) in [5.41, 5.74) is 3.49. The van der Waals surface area contributed by atoms with E-state index in [2.05, 4.69) is 4.98 Å². The molecule has 3 saturated heterocycles. The largest absolute Gasteiger partial charge is 0.493 e.